The van der Waals surface area contributed by atoms with E-state index in [1.807, 2.05) is 0 Å². The number of esters is 1. The Bertz CT molecular complexity index is 1040. The van der Waals surface area contributed by atoms with Gasteiger partial charge in [-0.25, -0.2) is 9.78 Å². The predicted octanol–water partition coefficient (Wildman–Crippen LogP) is 2.56. The molecule has 132 valence electrons. The zero-order chi connectivity index (χ0) is 18.4. The highest BCUT2D eigenvalue weighted by Gasteiger charge is 2.31. The first kappa shape index (κ1) is 16.8. The van der Waals surface area contributed by atoms with Crippen LogP contribution in [0.1, 0.15) is 23.1 Å². The van der Waals surface area contributed by atoms with Crippen LogP contribution in [0.5, 0.6) is 5.75 Å². The van der Waals surface area contributed by atoms with Crippen LogP contribution in [0.25, 0.3) is 16.7 Å². The molecule has 0 aliphatic heterocycles. The van der Waals surface area contributed by atoms with E-state index in [9.17, 15) is 22.8 Å². The molecular weight excluding hydrogens is 343 g/mol. The van der Waals surface area contributed by atoms with Gasteiger partial charge in [0.05, 0.1) is 23.3 Å². The monoisotopic (exact) mass is 355 g/mol. The van der Waals surface area contributed by atoms with Gasteiger partial charge in [-0.1, -0.05) is 0 Å². The molecule has 10 heteroatoms. The number of aryl methyl sites for hydroxylation is 1. The number of alkyl halides is 3. The number of carbonyl (C=O) groups excluding carboxylic acids is 1. The summed E-state index contributed by atoms with van der Waals surface area (Å²) in [7, 11) is 0. The van der Waals surface area contributed by atoms with Crippen LogP contribution in [0.15, 0.2) is 23.0 Å². The fourth-order valence-electron chi connectivity index (χ4n) is 2.53. The molecule has 2 aromatic heterocycles. The van der Waals surface area contributed by atoms with Crippen molar-refractivity contribution in [3.63, 3.8) is 0 Å². The van der Waals surface area contributed by atoms with Crippen LogP contribution >= 0.6 is 0 Å². The summed E-state index contributed by atoms with van der Waals surface area (Å²) in [6, 6.07) is 3.49. The van der Waals surface area contributed by atoms with Crippen molar-refractivity contribution in [3.05, 3.63) is 39.9 Å². The van der Waals surface area contributed by atoms with Crippen LogP contribution in [0.3, 0.4) is 0 Å². The topological polar surface area (TPSA) is 85.7 Å². The van der Waals surface area contributed by atoms with Crippen molar-refractivity contribution >= 4 is 22.6 Å². The fourth-order valence-corrected chi connectivity index (χ4v) is 2.53. The molecule has 0 fully saturated rings. The van der Waals surface area contributed by atoms with Crippen LogP contribution in [-0.4, -0.2) is 33.3 Å². The lowest BCUT2D eigenvalue weighted by atomic mass is 10.2. The number of halogens is 3. The smallest absolute Gasteiger partial charge is 0.461 e. The Hall–Kier alpha value is -3.04. The third-order valence-corrected chi connectivity index (χ3v) is 3.47. The molecule has 0 amide bonds. The maximum atomic E-state index is 12.3. The summed E-state index contributed by atoms with van der Waals surface area (Å²) in [6.07, 6.45) is -4.85. The number of nitrogens with zero attached hydrogens (tertiary/aromatic N) is 2. The number of benzene rings is 1. The Balaban J connectivity index is 2.24. The van der Waals surface area contributed by atoms with Gasteiger partial charge in [-0.2, -0.15) is 0 Å². The minimum absolute atomic E-state index is 0.0320. The molecule has 3 aromatic rings. The van der Waals surface area contributed by atoms with Crippen molar-refractivity contribution in [3.8, 4) is 5.75 Å². The second-order valence-electron chi connectivity index (χ2n) is 5.11. The average Bonchev–Trinajstić information content (AvgIpc) is 2.84. The Labute approximate surface area is 138 Å². The van der Waals surface area contributed by atoms with Gasteiger partial charge >= 0.3 is 12.3 Å². The third-order valence-electron chi connectivity index (χ3n) is 3.47. The summed E-state index contributed by atoms with van der Waals surface area (Å²) in [5, 5.41) is 0. The van der Waals surface area contributed by atoms with E-state index < -0.39 is 23.6 Å². The number of hydrogen-bond donors (Lipinski definition) is 1. The molecule has 7 nitrogen and oxygen atoms in total. The Kier molecular flexibility index (Phi) is 3.90. The minimum atomic E-state index is -4.85. The molecule has 0 unspecified atom stereocenters. The average molecular weight is 355 g/mol. The zero-order valence-electron chi connectivity index (χ0n) is 13.1. The first-order valence-electron chi connectivity index (χ1n) is 7.19. The minimum Gasteiger partial charge on any atom is -0.461 e. The molecular formula is C15H12F3N3O4. The molecule has 25 heavy (non-hydrogen) atoms. The number of ether oxygens (including phenoxy) is 2. The van der Waals surface area contributed by atoms with Crippen LogP contribution in [0.4, 0.5) is 13.2 Å². The SMILES string of the molecule is CCOC(=O)c1nc2c(=O)[nH]c3cc(OC(F)(F)F)ccc3n2c1C. The van der Waals surface area contributed by atoms with Crippen molar-refractivity contribution in [1.29, 1.82) is 0 Å². The zero-order valence-corrected chi connectivity index (χ0v) is 13.1. The van der Waals surface area contributed by atoms with Gasteiger partial charge in [0.2, 0.25) is 5.65 Å². The number of nitrogens with one attached hydrogen (secondary N) is 1. The van der Waals surface area contributed by atoms with Crippen molar-refractivity contribution in [2.24, 2.45) is 0 Å². The van der Waals surface area contributed by atoms with Crippen molar-refractivity contribution in [2.45, 2.75) is 20.2 Å². The lowest BCUT2D eigenvalue weighted by molar-refractivity contribution is -0.274. The Morgan fingerprint density at radius 1 is 1.36 bits per heavy atom. The number of rotatable bonds is 3. The van der Waals surface area contributed by atoms with Gasteiger partial charge in [-0.15, -0.1) is 13.2 Å². The lowest BCUT2D eigenvalue weighted by Gasteiger charge is -2.10. The van der Waals surface area contributed by atoms with Crippen molar-refractivity contribution in [1.82, 2.24) is 14.4 Å². The van der Waals surface area contributed by atoms with E-state index in [0.29, 0.717) is 11.2 Å². The summed E-state index contributed by atoms with van der Waals surface area (Å²) in [6.45, 7) is 3.33. The lowest BCUT2D eigenvalue weighted by Crippen LogP contribution is -2.17. The maximum absolute atomic E-state index is 12.3. The van der Waals surface area contributed by atoms with Gasteiger partial charge in [0.15, 0.2) is 5.69 Å². The van der Waals surface area contributed by atoms with Crippen LogP contribution < -0.4 is 10.3 Å². The van der Waals surface area contributed by atoms with E-state index in [2.05, 4.69) is 14.7 Å². The molecule has 1 aromatic carbocycles. The second-order valence-corrected chi connectivity index (χ2v) is 5.11. The molecule has 3 rings (SSSR count). The molecule has 0 atom stereocenters. The van der Waals surface area contributed by atoms with Gasteiger partial charge in [-0.3, -0.25) is 9.20 Å². The van der Waals surface area contributed by atoms with Crippen LogP contribution in [-0.2, 0) is 4.74 Å². The van der Waals surface area contributed by atoms with Gasteiger partial charge in [-0.05, 0) is 26.0 Å². The summed E-state index contributed by atoms with van der Waals surface area (Å²) >= 11 is 0. The molecule has 1 N–H and O–H groups in total. The summed E-state index contributed by atoms with van der Waals surface area (Å²) < 4.78 is 47.2. The normalized spacial score (nSPS) is 11.9. The van der Waals surface area contributed by atoms with E-state index in [1.54, 1.807) is 13.8 Å². The van der Waals surface area contributed by atoms with E-state index in [4.69, 9.17) is 4.74 Å². The standard InChI is InChI=1S/C15H12F3N3O4/c1-3-24-14(23)11-7(2)21-10-5-4-8(25-15(16,17)18)6-9(10)19-13(22)12(21)20-11/h4-6H,3H2,1-2H3,(H,19,22). The number of carbonyl (C=O) groups is 1. The molecule has 2 heterocycles. The van der Waals surface area contributed by atoms with Crippen molar-refractivity contribution in [2.75, 3.05) is 6.61 Å². The van der Waals surface area contributed by atoms with E-state index in [1.165, 1.54) is 10.5 Å². The first-order chi connectivity index (χ1) is 11.7. The highest BCUT2D eigenvalue weighted by Crippen LogP contribution is 2.26. The third kappa shape index (κ3) is 3.02. The number of aromatic nitrogens is 3. The molecule has 0 saturated heterocycles. The maximum Gasteiger partial charge on any atom is 0.573 e. The van der Waals surface area contributed by atoms with E-state index in [-0.39, 0.29) is 23.5 Å². The van der Waals surface area contributed by atoms with Crippen LogP contribution in [0, 0.1) is 6.92 Å². The number of H-pyrrole nitrogens is 1. The van der Waals surface area contributed by atoms with E-state index >= 15 is 0 Å². The molecule has 0 bridgehead atoms. The summed E-state index contributed by atoms with van der Waals surface area (Å²) in [5.74, 6) is -1.16. The van der Waals surface area contributed by atoms with Crippen LogP contribution in [0.2, 0.25) is 0 Å². The highest BCUT2D eigenvalue weighted by molar-refractivity contribution is 5.91. The summed E-state index contributed by atoms with van der Waals surface area (Å²) in [4.78, 5) is 30.5. The number of fused-ring (bicyclic) bond motifs is 3. The Morgan fingerprint density at radius 2 is 2.08 bits per heavy atom. The molecule has 0 aliphatic rings. The quantitative estimate of drug-likeness (QED) is 0.730. The van der Waals surface area contributed by atoms with E-state index in [0.717, 1.165) is 12.1 Å². The van der Waals surface area contributed by atoms with Gasteiger partial charge in [0.1, 0.15) is 5.75 Å². The predicted molar refractivity (Wildman–Crippen MR) is 80.7 cm³/mol. The van der Waals surface area contributed by atoms with Gasteiger partial charge in [0.25, 0.3) is 5.56 Å². The highest BCUT2D eigenvalue weighted by atomic mass is 19.4. The first-order valence-corrected chi connectivity index (χ1v) is 7.19. The molecule has 0 spiro atoms. The van der Waals surface area contributed by atoms with Crippen molar-refractivity contribution < 1.29 is 27.4 Å². The number of imidazole rings is 1. The second kappa shape index (κ2) is 5.80. The molecule has 0 aliphatic carbocycles. The number of aromatic amines is 1. The van der Waals surface area contributed by atoms with Gasteiger partial charge in [0, 0.05) is 6.07 Å². The molecule has 0 radical (unpaired) electrons. The summed E-state index contributed by atoms with van der Waals surface area (Å²) in [5.41, 5.74) is 0.0668. The fraction of sp³-hybridized carbons (Fsp3) is 0.267. The Morgan fingerprint density at radius 3 is 2.72 bits per heavy atom. The largest absolute Gasteiger partial charge is 0.573 e. The number of hydrogen-bond acceptors (Lipinski definition) is 5. The molecule has 0 saturated carbocycles. The van der Waals surface area contributed by atoms with Gasteiger partial charge < -0.3 is 14.5 Å².